The Morgan fingerprint density at radius 3 is 2.89 bits per heavy atom. The summed E-state index contributed by atoms with van der Waals surface area (Å²) in [6.45, 7) is 7.70. The first-order valence-electron chi connectivity index (χ1n) is 7.10. The minimum absolute atomic E-state index is 0.0315. The molecule has 1 unspecified atom stereocenters. The van der Waals surface area contributed by atoms with Crippen LogP contribution in [0.2, 0.25) is 0 Å². The third-order valence-corrected chi connectivity index (χ3v) is 3.66. The first-order chi connectivity index (χ1) is 9.11. The van der Waals surface area contributed by atoms with Gasteiger partial charge in [-0.3, -0.25) is 9.78 Å². The number of aromatic nitrogens is 1. The van der Waals surface area contributed by atoms with Crippen LogP contribution in [0.3, 0.4) is 0 Å². The zero-order chi connectivity index (χ0) is 13.8. The first-order valence-corrected chi connectivity index (χ1v) is 7.10. The van der Waals surface area contributed by atoms with Crippen LogP contribution < -0.4 is 10.6 Å². The normalized spacial score (nSPS) is 15.9. The van der Waals surface area contributed by atoms with Gasteiger partial charge < -0.3 is 10.6 Å². The molecule has 104 valence electrons. The van der Waals surface area contributed by atoms with Crippen LogP contribution in [0.1, 0.15) is 42.7 Å². The predicted octanol–water partition coefficient (Wildman–Crippen LogP) is 2.60. The zero-order valence-corrected chi connectivity index (χ0v) is 12.0. The molecule has 1 aromatic rings. The Balaban J connectivity index is 2.00. The van der Waals surface area contributed by atoms with Crippen LogP contribution in [0.4, 0.5) is 5.69 Å². The zero-order valence-electron chi connectivity index (χ0n) is 12.0. The molecule has 1 heterocycles. The molecule has 0 bridgehead atoms. The number of pyridine rings is 1. The van der Waals surface area contributed by atoms with Crippen molar-refractivity contribution in [2.24, 2.45) is 11.8 Å². The average Bonchev–Trinajstić information content (AvgIpc) is 3.20. The molecule has 19 heavy (non-hydrogen) atoms. The number of nitrogens with zero attached hydrogens (tertiary/aromatic N) is 1. The van der Waals surface area contributed by atoms with Crippen LogP contribution >= 0.6 is 0 Å². The van der Waals surface area contributed by atoms with Gasteiger partial charge in [0.25, 0.3) is 5.91 Å². The lowest BCUT2D eigenvalue weighted by Gasteiger charge is -2.14. The lowest BCUT2D eigenvalue weighted by atomic mass is 10.1. The highest BCUT2D eigenvalue weighted by molar-refractivity contribution is 5.99. The van der Waals surface area contributed by atoms with E-state index in [1.807, 2.05) is 19.9 Å². The van der Waals surface area contributed by atoms with E-state index in [9.17, 15) is 4.79 Å². The van der Waals surface area contributed by atoms with E-state index in [0.717, 1.165) is 30.4 Å². The van der Waals surface area contributed by atoms with Crippen molar-refractivity contribution < 1.29 is 4.79 Å². The number of amides is 1. The number of hydrogen-bond acceptors (Lipinski definition) is 3. The molecule has 0 aromatic carbocycles. The van der Waals surface area contributed by atoms with E-state index in [-0.39, 0.29) is 5.91 Å². The summed E-state index contributed by atoms with van der Waals surface area (Å²) in [5.74, 6) is 1.35. The number of carbonyl (C=O) groups is 1. The van der Waals surface area contributed by atoms with Crippen molar-refractivity contribution in [2.45, 2.75) is 33.6 Å². The van der Waals surface area contributed by atoms with Crippen LogP contribution in [0.15, 0.2) is 12.3 Å². The van der Waals surface area contributed by atoms with Crippen molar-refractivity contribution in [2.75, 3.05) is 18.4 Å². The molecule has 1 aliphatic carbocycles. The Morgan fingerprint density at radius 2 is 2.26 bits per heavy atom. The molecule has 2 N–H and O–H groups in total. The van der Waals surface area contributed by atoms with Crippen LogP contribution in [0.25, 0.3) is 0 Å². The van der Waals surface area contributed by atoms with Crippen LogP contribution in [-0.2, 0) is 0 Å². The molecule has 1 atom stereocenters. The third kappa shape index (κ3) is 3.69. The average molecular weight is 261 g/mol. The summed E-state index contributed by atoms with van der Waals surface area (Å²) >= 11 is 0. The molecule has 0 aliphatic heterocycles. The van der Waals surface area contributed by atoms with Gasteiger partial charge in [0.15, 0.2) is 0 Å². The molecule has 0 radical (unpaired) electrons. The van der Waals surface area contributed by atoms with Crippen molar-refractivity contribution in [1.82, 2.24) is 10.3 Å². The van der Waals surface area contributed by atoms with Crippen molar-refractivity contribution >= 4 is 11.6 Å². The van der Waals surface area contributed by atoms with E-state index in [4.69, 9.17) is 0 Å². The quantitative estimate of drug-likeness (QED) is 0.827. The van der Waals surface area contributed by atoms with Crippen molar-refractivity contribution in [3.05, 3.63) is 23.5 Å². The van der Waals surface area contributed by atoms with Gasteiger partial charge in [0.1, 0.15) is 0 Å². The summed E-state index contributed by atoms with van der Waals surface area (Å²) in [7, 11) is 0. The molecule has 2 rings (SSSR count). The minimum atomic E-state index is -0.0315. The SMILES string of the molecule is CCNc1cc(C)ncc1C(=O)NCC(C)C1CC1. The Labute approximate surface area is 115 Å². The number of carbonyl (C=O) groups excluding carboxylic acids is 1. The smallest absolute Gasteiger partial charge is 0.254 e. The van der Waals surface area contributed by atoms with Crippen molar-refractivity contribution in [3.63, 3.8) is 0 Å². The number of nitrogens with one attached hydrogen (secondary N) is 2. The predicted molar refractivity (Wildman–Crippen MR) is 77.4 cm³/mol. The van der Waals surface area contributed by atoms with Gasteiger partial charge in [-0.05, 0) is 44.6 Å². The Hall–Kier alpha value is -1.58. The third-order valence-electron chi connectivity index (χ3n) is 3.66. The van der Waals surface area contributed by atoms with Gasteiger partial charge in [0.2, 0.25) is 0 Å². The van der Waals surface area contributed by atoms with Gasteiger partial charge in [-0.15, -0.1) is 0 Å². The molecule has 1 fully saturated rings. The summed E-state index contributed by atoms with van der Waals surface area (Å²) in [5.41, 5.74) is 2.42. The molecule has 0 spiro atoms. The molecule has 1 saturated carbocycles. The Morgan fingerprint density at radius 1 is 1.53 bits per heavy atom. The largest absolute Gasteiger partial charge is 0.385 e. The molecule has 1 aliphatic rings. The second kappa shape index (κ2) is 6.04. The summed E-state index contributed by atoms with van der Waals surface area (Å²) in [6, 6.07) is 1.92. The fourth-order valence-electron chi connectivity index (χ4n) is 2.26. The topological polar surface area (TPSA) is 54.0 Å². The highest BCUT2D eigenvalue weighted by Crippen LogP contribution is 2.36. The van der Waals surface area contributed by atoms with E-state index in [1.165, 1.54) is 12.8 Å². The Kier molecular flexibility index (Phi) is 4.40. The number of aryl methyl sites for hydroxylation is 1. The van der Waals surface area contributed by atoms with Crippen LogP contribution in [-0.4, -0.2) is 24.0 Å². The second-order valence-electron chi connectivity index (χ2n) is 5.43. The highest BCUT2D eigenvalue weighted by Gasteiger charge is 2.28. The molecule has 4 heteroatoms. The van der Waals surface area contributed by atoms with Crippen molar-refractivity contribution in [3.8, 4) is 0 Å². The first kappa shape index (κ1) is 13.8. The molecular weight excluding hydrogens is 238 g/mol. The van der Waals surface area contributed by atoms with E-state index in [1.54, 1.807) is 6.20 Å². The van der Waals surface area contributed by atoms with Gasteiger partial charge in [0, 0.05) is 25.0 Å². The lowest BCUT2D eigenvalue weighted by molar-refractivity contribution is 0.0947. The number of rotatable bonds is 6. The standard InChI is InChI=1S/C15H23N3O/c1-4-16-14-7-11(3)17-9-13(14)15(19)18-8-10(2)12-5-6-12/h7,9-10,12H,4-6,8H2,1-3H3,(H,16,17)(H,18,19). The lowest BCUT2D eigenvalue weighted by Crippen LogP contribution is -2.29. The van der Waals surface area contributed by atoms with Gasteiger partial charge in [-0.2, -0.15) is 0 Å². The molecule has 1 aromatic heterocycles. The summed E-state index contributed by atoms with van der Waals surface area (Å²) in [4.78, 5) is 16.4. The van der Waals surface area contributed by atoms with Gasteiger partial charge in [-0.1, -0.05) is 6.92 Å². The summed E-state index contributed by atoms with van der Waals surface area (Å²) < 4.78 is 0. The fraction of sp³-hybridized carbons (Fsp3) is 0.600. The van der Waals surface area contributed by atoms with E-state index < -0.39 is 0 Å². The van der Waals surface area contributed by atoms with Crippen molar-refractivity contribution in [1.29, 1.82) is 0 Å². The number of anilines is 1. The Bertz CT molecular complexity index is 455. The van der Waals surface area contributed by atoms with E-state index >= 15 is 0 Å². The maximum Gasteiger partial charge on any atom is 0.254 e. The molecule has 4 nitrogen and oxygen atoms in total. The highest BCUT2D eigenvalue weighted by atomic mass is 16.1. The summed E-state index contributed by atoms with van der Waals surface area (Å²) in [6.07, 6.45) is 4.28. The van der Waals surface area contributed by atoms with Gasteiger partial charge in [0.05, 0.1) is 11.3 Å². The van der Waals surface area contributed by atoms with E-state index in [2.05, 4.69) is 22.5 Å². The van der Waals surface area contributed by atoms with Gasteiger partial charge in [-0.25, -0.2) is 0 Å². The molecule has 1 amide bonds. The number of hydrogen-bond donors (Lipinski definition) is 2. The fourth-order valence-corrected chi connectivity index (χ4v) is 2.26. The maximum atomic E-state index is 12.2. The monoisotopic (exact) mass is 261 g/mol. The van der Waals surface area contributed by atoms with Crippen LogP contribution in [0.5, 0.6) is 0 Å². The molecule has 0 saturated heterocycles. The maximum absolute atomic E-state index is 12.2. The second-order valence-corrected chi connectivity index (χ2v) is 5.43. The molecular formula is C15H23N3O. The summed E-state index contributed by atoms with van der Waals surface area (Å²) in [5, 5.41) is 6.24. The van der Waals surface area contributed by atoms with Crippen LogP contribution in [0, 0.1) is 18.8 Å². The van der Waals surface area contributed by atoms with E-state index in [0.29, 0.717) is 11.5 Å². The van der Waals surface area contributed by atoms with Gasteiger partial charge >= 0.3 is 0 Å². The minimum Gasteiger partial charge on any atom is -0.385 e.